The van der Waals surface area contributed by atoms with Crippen LogP contribution >= 0.6 is 0 Å². The second kappa shape index (κ2) is 9.45. The first-order chi connectivity index (χ1) is 13.3. The lowest BCUT2D eigenvalue weighted by Gasteiger charge is -2.21. The van der Waals surface area contributed by atoms with Gasteiger partial charge in [-0.1, -0.05) is 11.8 Å². The van der Waals surface area contributed by atoms with E-state index in [1.807, 2.05) is 5.32 Å². The zero-order valence-electron chi connectivity index (χ0n) is 14.4. The lowest BCUT2D eigenvalue weighted by Crippen LogP contribution is -2.54. The van der Waals surface area contributed by atoms with Crippen LogP contribution in [0.5, 0.6) is 0 Å². The number of hydroxylamine groups is 1. The quantitative estimate of drug-likeness (QED) is 0.225. The first-order valence-electron chi connectivity index (χ1n) is 8.00. The van der Waals surface area contributed by atoms with Gasteiger partial charge in [-0.2, -0.15) is 0 Å². The van der Waals surface area contributed by atoms with Gasteiger partial charge in [0.25, 0.3) is 18.2 Å². The van der Waals surface area contributed by atoms with E-state index in [4.69, 9.17) is 10.9 Å². The van der Waals surface area contributed by atoms with Crippen molar-refractivity contribution < 1.29 is 28.7 Å². The van der Waals surface area contributed by atoms with Crippen LogP contribution in [-0.2, 0) is 4.79 Å². The third-order valence-corrected chi connectivity index (χ3v) is 3.69. The number of rotatable bonds is 5. The minimum atomic E-state index is -3.30. The molecule has 0 heterocycles. The van der Waals surface area contributed by atoms with Crippen molar-refractivity contribution in [2.75, 3.05) is 5.73 Å². The first-order valence-corrected chi connectivity index (χ1v) is 8.00. The molecule has 2 atom stereocenters. The zero-order valence-corrected chi connectivity index (χ0v) is 14.4. The molecule has 0 spiro atoms. The van der Waals surface area contributed by atoms with Gasteiger partial charge in [-0.25, -0.2) is 14.3 Å². The summed E-state index contributed by atoms with van der Waals surface area (Å²) in [4.78, 5) is 23.6. The molecular weight excluding hydrogens is 372 g/mol. The molecule has 146 valence electrons. The van der Waals surface area contributed by atoms with Crippen molar-refractivity contribution in [1.29, 1.82) is 0 Å². The molecule has 0 unspecified atom stereocenters. The number of aliphatic hydroxyl groups is 1. The standard InChI is InChI=1S/C19H17F2N3O4/c20-17(21)16(25)15(19(27)24-28)23-18(26)13-7-3-11(4-8-13)1-2-12-5-9-14(22)10-6-12/h3-10,15-17,25,28H,22H2,(H,23,26)(H,24,27)/t15-,16-/m0/s1. The van der Waals surface area contributed by atoms with Crippen LogP contribution in [0, 0.1) is 11.8 Å². The Morgan fingerprint density at radius 1 is 0.964 bits per heavy atom. The van der Waals surface area contributed by atoms with Gasteiger partial charge in [0.2, 0.25) is 0 Å². The Morgan fingerprint density at radius 3 is 1.93 bits per heavy atom. The van der Waals surface area contributed by atoms with E-state index < -0.39 is 30.4 Å². The monoisotopic (exact) mass is 389 g/mol. The number of alkyl halides is 2. The van der Waals surface area contributed by atoms with Crippen molar-refractivity contribution in [2.45, 2.75) is 18.6 Å². The lowest BCUT2D eigenvalue weighted by molar-refractivity contribution is -0.137. The van der Waals surface area contributed by atoms with E-state index in [-0.39, 0.29) is 5.56 Å². The number of nitrogen functional groups attached to an aromatic ring is 1. The fraction of sp³-hybridized carbons (Fsp3) is 0.158. The van der Waals surface area contributed by atoms with Gasteiger partial charge in [0, 0.05) is 22.4 Å². The van der Waals surface area contributed by atoms with Gasteiger partial charge >= 0.3 is 0 Å². The summed E-state index contributed by atoms with van der Waals surface area (Å²) in [6.07, 6.45) is -5.78. The van der Waals surface area contributed by atoms with E-state index in [0.717, 1.165) is 11.0 Å². The predicted octanol–water partition coefficient (Wildman–Crippen LogP) is 0.898. The molecule has 7 nitrogen and oxygen atoms in total. The number of hydrogen-bond acceptors (Lipinski definition) is 5. The third-order valence-electron chi connectivity index (χ3n) is 3.69. The van der Waals surface area contributed by atoms with Gasteiger partial charge in [-0.3, -0.25) is 14.8 Å². The largest absolute Gasteiger partial charge is 0.399 e. The van der Waals surface area contributed by atoms with Gasteiger partial charge in [0.1, 0.15) is 12.1 Å². The minimum absolute atomic E-state index is 0.0511. The van der Waals surface area contributed by atoms with Crippen molar-refractivity contribution in [3.8, 4) is 11.8 Å². The summed E-state index contributed by atoms with van der Waals surface area (Å²) in [5, 5.41) is 19.9. The highest BCUT2D eigenvalue weighted by molar-refractivity contribution is 5.97. The third kappa shape index (κ3) is 5.51. The van der Waals surface area contributed by atoms with E-state index in [0.29, 0.717) is 11.3 Å². The fourth-order valence-corrected chi connectivity index (χ4v) is 2.16. The Hall–Kier alpha value is -3.48. The van der Waals surface area contributed by atoms with Crippen LogP contribution in [0.4, 0.5) is 14.5 Å². The van der Waals surface area contributed by atoms with Crippen LogP contribution < -0.4 is 16.5 Å². The number of nitrogens with two attached hydrogens (primary N) is 1. The van der Waals surface area contributed by atoms with Crippen LogP contribution in [0.3, 0.4) is 0 Å². The second-order valence-corrected chi connectivity index (χ2v) is 5.70. The van der Waals surface area contributed by atoms with Crippen molar-refractivity contribution in [2.24, 2.45) is 0 Å². The normalized spacial score (nSPS) is 12.5. The smallest absolute Gasteiger partial charge is 0.268 e. The van der Waals surface area contributed by atoms with Gasteiger partial charge in [-0.05, 0) is 48.5 Å². The molecule has 28 heavy (non-hydrogen) atoms. The summed E-state index contributed by atoms with van der Waals surface area (Å²) in [6.45, 7) is 0. The Kier molecular flexibility index (Phi) is 7.03. The molecule has 0 aromatic heterocycles. The van der Waals surface area contributed by atoms with Crippen LogP contribution in [0.1, 0.15) is 21.5 Å². The van der Waals surface area contributed by atoms with Crippen molar-refractivity contribution in [1.82, 2.24) is 10.8 Å². The topological polar surface area (TPSA) is 125 Å². The summed E-state index contributed by atoms with van der Waals surface area (Å²) in [5.74, 6) is 3.55. The highest BCUT2D eigenvalue weighted by Crippen LogP contribution is 2.09. The molecular formula is C19H17F2N3O4. The fourth-order valence-electron chi connectivity index (χ4n) is 2.16. The molecule has 0 aliphatic heterocycles. The maximum atomic E-state index is 12.6. The molecule has 0 radical (unpaired) electrons. The van der Waals surface area contributed by atoms with Gasteiger partial charge in [0.05, 0.1) is 0 Å². The molecule has 0 saturated heterocycles. The number of amides is 2. The van der Waals surface area contributed by atoms with Crippen LogP contribution in [0.25, 0.3) is 0 Å². The zero-order chi connectivity index (χ0) is 20.7. The van der Waals surface area contributed by atoms with E-state index in [1.165, 1.54) is 24.3 Å². The van der Waals surface area contributed by atoms with E-state index in [2.05, 4.69) is 11.8 Å². The van der Waals surface area contributed by atoms with E-state index >= 15 is 0 Å². The minimum Gasteiger partial charge on any atom is -0.399 e. The Balaban J connectivity index is 2.10. The number of nitrogens with one attached hydrogen (secondary N) is 2. The van der Waals surface area contributed by atoms with Crippen molar-refractivity contribution in [3.63, 3.8) is 0 Å². The number of anilines is 1. The average molecular weight is 389 g/mol. The van der Waals surface area contributed by atoms with Crippen LogP contribution in [-0.4, -0.2) is 40.7 Å². The molecule has 9 heteroatoms. The Bertz CT molecular complexity index is 890. The highest BCUT2D eigenvalue weighted by atomic mass is 19.3. The Labute approximate surface area is 159 Å². The molecule has 2 rings (SSSR count). The molecule has 2 aromatic rings. The van der Waals surface area contributed by atoms with Crippen molar-refractivity contribution >= 4 is 17.5 Å². The summed E-state index contributed by atoms with van der Waals surface area (Å²) in [6, 6.07) is 10.7. The molecule has 0 aliphatic rings. The lowest BCUT2D eigenvalue weighted by atomic mass is 10.1. The molecule has 6 N–H and O–H groups in total. The summed E-state index contributed by atoms with van der Waals surface area (Å²) >= 11 is 0. The SMILES string of the molecule is Nc1ccc(C#Cc2ccc(C(=O)N[C@H](C(=O)NO)[C@H](O)C(F)F)cc2)cc1. The number of aliphatic hydroxyl groups excluding tert-OH is 1. The summed E-state index contributed by atoms with van der Waals surface area (Å²) in [7, 11) is 0. The summed E-state index contributed by atoms with van der Waals surface area (Å²) < 4.78 is 25.3. The van der Waals surface area contributed by atoms with Crippen LogP contribution in [0.15, 0.2) is 48.5 Å². The average Bonchev–Trinajstić information content (AvgIpc) is 2.70. The van der Waals surface area contributed by atoms with Gasteiger partial charge in [0.15, 0.2) is 0 Å². The van der Waals surface area contributed by atoms with Gasteiger partial charge in [-0.15, -0.1) is 0 Å². The molecule has 0 bridgehead atoms. The van der Waals surface area contributed by atoms with Crippen LogP contribution in [0.2, 0.25) is 0 Å². The molecule has 0 fully saturated rings. The molecule has 2 amide bonds. The highest BCUT2D eigenvalue weighted by Gasteiger charge is 2.34. The van der Waals surface area contributed by atoms with E-state index in [9.17, 15) is 23.5 Å². The summed E-state index contributed by atoms with van der Waals surface area (Å²) in [5.41, 5.74) is 8.72. The number of carbonyl (C=O) groups excluding carboxylic acids is 2. The maximum absolute atomic E-state index is 12.6. The molecule has 2 aromatic carbocycles. The first kappa shape index (κ1) is 20.8. The maximum Gasteiger partial charge on any atom is 0.268 e. The number of halogens is 2. The molecule has 0 aliphatic carbocycles. The van der Waals surface area contributed by atoms with E-state index in [1.54, 1.807) is 24.3 Å². The molecule has 0 saturated carbocycles. The number of benzene rings is 2. The number of hydrogen-bond donors (Lipinski definition) is 5. The number of carbonyl (C=O) groups is 2. The van der Waals surface area contributed by atoms with Crippen molar-refractivity contribution in [3.05, 3.63) is 65.2 Å². The predicted molar refractivity (Wildman–Crippen MR) is 96.5 cm³/mol. The Morgan fingerprint density at radius 2 is 1.46 bits per heavy atom. The second-order valence-electron chi connectivity index (χ2n) is 5.70. The van der Waals surface area contributed by atoms with Gasteiger partial charge < -0.3 is 16.2 Å².